The minimum Gasteiger partial charge on any atom is -0.394 e. The summed E-state index contributed by atoms with van der Waals surface area (Å²) in [7, 11) is 0. The Morgan fingerprint density at radius 3 is 2.47 bits per heavy atom. The van der Waals surface area contributed by atoms with Crippen LogP contribution in [0.15, 0.2) is 30.3 Å². The predicted molar refractivity (Wildman–Crippen MR) is 76.7 cm³/mol. The standard InChI is InChI=1S/C13H13Cl2N3O/c1-8-16-12(15)6-13(17-8)18-11(7-19)9-2-4-10(14)5-3-9/h2-6,11,19H,7H2,1H3,(H,16,17,18). The van der Waals surface area contributed by atoms with Gasteiger partial charge in [-0.2, -0.15) is 0 Å². The van der Waals surface area contributed by atoms with Gasteiger partial charge in [-0.1, -0.05) is 35.3 Å². The zero-order valence-electron chi connectivity index (χ0n) is 10.3. The molecule has 4 nitrogen and oxygen atoms in total. The number of halogens is 2. The normalized spacial score (nSPS) is 12.2. The second-order valence-corrected chi connectivity index (χ2v) is 4.88. The number of aliphatic hydroxyl groups is 1. The van der Waals surface area contributed by atoms with Crippen LogP contribution in [0, 0.1) is 6.92 Å². The van der Waals surface area contributed by atoms with Crippen LogP contribution in [0.2, 0.25) is 10.2 Å². The largest absolute Gasteiger partial charge is 0.394 e. The first-order chi connectivity index (χ1) is 9.08. The molecule has 1 heterocycles. The molecule has 0 radical (unpaired) electrons. The summed E-state index contributed by atoms with van der Waals surface area (Å²) in [6.45, 7) is 1.69. The Labute approximate surface area is 121 Å². The molecule has 2 N–H and O–H groups in total. The number of aryl methyl sites for hydroxylation is 1. The van der Waals surface area contributed by atoms with Gasteiger partial charge in [0.25, 0.3) is 0 Å². The highest BCUT2D eigenvalue weighted by Gasteiger charge is 2.11. The maximum absolute atomic E-state index is 9.48. The van der Waals surface area contributed by atoms with E-state index < -0.39 is 0 Å². The van der Waals surface area contributed by atoms with Crippen molar-refractivity contribution in [3.05, 3.63) is 51.9 Å². The predicted octanol–water partition coefficient (Wildman–Crippen LogP) is 3.24. The molecular formula is C13H13Cl2N3O. The molecular weight excluding hydrogens is 285 g/mol. The number of hydrogen-bond donors (Lipinski definition) is 2. The van der Waals surface area contributed by atoms with Gasteiger partial charge in [-0.15, -0.1) is 0 Å². The first-order valence-electron chi connectivity index (χ1n) is 5.72. The molecule has 0 bridgehead atoms. The molecule has 0 saturated carbocycles. The highest BCUT2D eigenvalue weighted by atomic mass is 35.5. The summed E-state index contributed by atoms with van der Waals surface area (Å²) in [5.74, 6) is 1.15. The lowest BCUT2D eigenvalue weighted by atomic mass is 10.1. The van der Waals surface area contributed by atoms with Gasteiger partial charge in [0.05, 0.1) is 12.6 Å². The third-order valence-electron chi connectivity index (χ3n) is 2.58. The van der Waals surface area contributed by atoms with Crippen molar-refractivity contribution in [1.82, 2.24) is 9.97 Å². The van der Waals surface area contributed by atoms with Crippen LogP contribution >= 0.6 is 23.2 Å². The number of hydrogen-bond acceptors (Lipinski definition) is 4. The van der Waals surface area contributed by atoms with Crippen LogP contribution in [0.25, 0.3) is 0 Å². The molecule has 0 aliphatic rings. The molecule has 100 valence electrons. The number of nitrogens with zero attached hydrogens (tertiary/aromatic N) is 2. The molecule has 2 aromatic rings. The van der Waals surface area contributed by atoms with Crippen molar-refractivity contribution in [2.24, 2.45) is 0 Å². The Morgan fingerprint density at radius 2 is 1.89 bits per heavy atom. The van der Waals surface area contributed by atoms with E-state index in [0.717, 1.165) is 5.56 Å². The SMILES string of the molecule is Cc1nc(Cl)cc(NC(CO)c2ccc(Cl)cc2)n1. The smallest absolute Gasteiger partial charge is 0.134 e. The lowest BCUT2D eigenvalue weighted by molar-refractivity contribution is 0.276. The average molecular weight is 298 g/mol. The molecule has 19 heavy (non-hydrogen) atoms. The van der Waals surface area contributed by atoms with Crippen LogP contribution in [0.4, 0.5) is 5.82 Å². The van der Waals surface area contributed by atoms with Crippen molar-refractivity contribution >= 4 is 29.0 Å². The van der Waals surface area contributed by atoms with Crippen LogP contribution in [-0.4, -0.2) is 21.7 Å². The molecule has 6 heteroatoms. The van der Waals surface area contributed by atoms with Gasteiger partial charge in [0.2, 0.25) is 0 Å². The fraction of sp³-hybridized carbons (Fsp3) is 0.231. The maximum Gasteiger partial charge on any atom is 0.134 e. The summed E-state index contributed by atoms with van der Waals surface area (Å²) in [4.78, 5) is 8.21. The second kappa shape index (κ2) is 6.19. The van der Waals surface area contributed by atoms with E-state index in [9.17, 15) is 5.11 Å². The number of aliphatic hydroxyl groups excluding tert-OH is 1. The van der Waals surface area contributed by atoms with E-state index in [4.69, 9.17) is 23.2 Å². The molecule has 1 aromatic heterocycles. The quantitative estimate of drug-likeness (QED) is 0.851. The topological polar surface area (TPSA) is 58.0 Å². The van der Waals surface area contributed by atoms with Gasteiger partial charge in [0, 0.05) is 11.1 Å². The van der Waals surface area contributed by atoms with E-state index in [1.165, 1.54) is 0 Å². The number of rotatable bonds is 4. The van der Waals surface area contributed by atoms with Crippen molar-refractivity contribution in [3.63, 3.8) is 0 Å². The zero-order chi connectivity index (χ0) is 13.8. The molecule has 0 saturated heterocycles. The average Bonchev–Trinajstić information content (AvgIpc) is 2.36. The summed E-state index contributed by atoms with van der Waals surface area (Å²) in [5.41, 5.74) is 0.916. The minimum atomic E-state index is -0.275. The summed E-state index contributed by atoms with van der Waals surface area (Å²) < 4.78 is 0. The number of anilines is 1. The van der Waals surface area contributed by atoms with Crippen molar-refractivity contribution in [2.75, 3.05) is 11.9 Å². The van der Waals surface area contributed by atoms with Gasteiger partial charge in [0.15, 0.2) is 0 Å². The highest BCUT2D eigenvalue weighted by molar-refractivity contribution is 6.30. The Morgan fingerprint density at radius 1 is 1.21 bits per heavy atom. The van der Waals surface area contributed by atoms with E-state index in [-0.39, 0.29) is 12.6 Å². The van der Waals surface area contributed by atoms with Gasteiger partial charge in [-0.05, 0) is 24.6 Å². The zero-order valence-corrected chi connectivity index (χ0v) is 11.8. The fourth-order valence-electron chi connectivity index (χ4n) is 1.71. The summed E-state index contributed by atoms with van der Waals surface area (Å²) >= 11 is 11.7. The lowest BCUT2D eigenvalue weighted by Crippen LogP contribution is -2.16. The molecule has 0 fully saturated rings. The first-order valence-corrected chi connectivity index (χ1v) is 6.48. The van der Waals surface area contributed by atoms with E-state index in [0.29, 0.717) is 21.8 Å². The Bertz CT molecular complexity index is 540. The van der Waals surface area contributed by atoms with E-state index in [2.05, 4.69) is 15.3 Å². The van der Waals surface area contributed by atoms with Crippen LogP contribution in [0.5, 0.6) is 0 Å². The van der Waals surface area contributed by atoms with Crippen LogP contribution in [0.3, 0.4) is 0 Å². The van der Waals surface area contributed by atoms with Crippen LogP contribution in [-0.2, 0) is 0 Å². The number of benzene rings is 1. The van der Waals surface area contributed by atoms with Crippen molar-refractivity contribution < 1.29 is 5.11 Å². The highest BCUT2D eigenvalue weighted by Crippen LogP contribution is 2.21. The summed E-state index contributed by atoms with van der Waals surface area (Å²) in [6.07, 6.45) is 0. The van der Waals surface area contributed by atoms with Crippen LogP contribution < -0.4 is 5.32 Å². The second-order valence-electron chi connectivity index (χ2n) is 4.05. The van der Waals surface area contributed by atoms with E-state index >= 15 is 0 Å². The molecule has 1 atom stereocenters. The molecule has 2 rings (SSSR count). The first kappa shape index (κ1) is 14.1. The van der Waals surface area contributed by atoms with Crippen molar-refractivity contribution in [1.29, 1.82) is 0 Å². The van der Waals surface area contributed by atoms with Crippen molar-refractivity contribution in [2.45, 2.75) is 13.0 Å². The van der Waals surface area contributed by atoms with Gasteiger partial charge in [-0.3, -0.25) is 0 Å². The number of nitrogens with one attached hydrogen (secondary N) is 1. The van der Waals surface area contributed by atoms with Crippen LogP contribution in [0.1, 0.15) is 17.4 Å². The third kappa shape index (κ3) is 3.80. The molecule has 1 unspecified atom stereocenters. The molecule has 0 aliphatic carbocycles. The number of aromatic nitrogens is 2. The van der Waals surface area contributed by atoms with Gasteiger partial charge >= 0.3 is 0 Å². The van der Waals surface area contributed by atoms with Crippen molar-refractivity contribution in [3.8, 4) is 0 Å². The lowest BCUT2D eigenvalue weighted by Gasteiger charge is -2.17. The molecule has 1 aromatic carbocycles. The van der Waals surface area contributed by atoms with E-state index in [1.807, 2.05) is 12.1 Å². The fourth-order valence-corrected chi connectivity index (χ4v) is 2.06. The minimum absolute atomic E-state index is 0.0672. The summed E-state index contributed by atoms with van der Waals surface area (Å²) in [5, 5.41) is 13.6. The maximum atomic E-state index is 9.48. The molecule has 0 aliphatic heterocycles. The Hall–Kier alpha value is -1.36. The van der Waals surface area contributed by atoms with Gasteiger partial charge in [0.1, 0.15) is 16.8 Å². The van der Waals surface area contributed by atoms with Gasteiger partial charge < -0.3 is 10.4 Å². The monoisotopic (exact) mass is 297 g/mol. The van der Waals surface area contributed by atoms with E-state index in [1.54, 1.807) is 25.1 Å². The Balaban J connectivity index is 2.21. The molecule has 0 spiro atoms. The third-order valence-corrected chi connectivity index (χ3v) is 3.03. The Kier molecular flexibility index (Phi) is 4.58. The summed E-state index contributed by atoms with van der Waals surface area (Å²) in [6, 6.07) is 8.60. The molecule has 0 amide bonds. The van der Waals surface area contributed by atoms with Gasteiger partial charge in [-0.25, -0.2) is 9.97 Å².